The minimum atomic E-state index is -0.217. The summed E-state index contributed by atoms with van der Waals surface area (Å²) in [5.74, 6) is 0.888. The zero-order valence-corrected chi connectivity index (χ0v) is 12.9. The average molecular weight is 376 g/mol. The summed E-state index contributed by atoms with van der Waals surface area (Å²) in [4.78, 5) is 8.53. The first-order chi connectivity index (χ1) is 8.61. The second-order valence-electron chi connectivity index (χ2n) is 3.84. The summed E-state index contributed by atoms with van der Waals surface area (Å²) in [6, 6.07) is 1.66. The summed E-state index contributed by atoms with van der Waals surface area (Å²) in [7, 11) is 0. The molecule has 0 saturated carbocycles. The van der Waals surface area contributed by atoms with Gasteiger partial charge < -0.3 is 10.3 Å². The van der Waals surface area contributed by atoms with E-state index in [4.69, 9.17) is 10.3 Å². The van der Waals surface area contributed by atoms with Crippen molar-refractivity contribution in [3.05, 3.63) is 27.1 Å². The predicted octanol–water partition coefficient (Wildman–Crippen LogP) is 3.46. The smallest absolute Gasteiger partial charge is 0.243 e. The highest BCUT2D eigenvalue weighted by molar-refractivity contribution is 9.11. The van der Waals surface area contributed by atoms with Crippen LogP contribution in [0.3, 0.4) is 0 Å². The van der Waals surface area contributed by atoms with E-state index < -0.39 is 0 Å². The van der Waals surface area contributed by atoms with Crippen LogP contribution in [-0.2, 0) is 0 Å². The van der Waals surface area contributed by atoms with Gasteiger partial charge in [-0.05, 0) is 44.3 Å². The molecule has 0 amide bonds. The van der Waals surface area contributed by atoms with Gasteiger partial charge >= 0.3 is 0 Å². The van der Waals surface area contributed by atoms with E-state index in [2.05, 4.69) is 53.9 Å². The zero-order chi connectivity index (χ0) is 13.1. The fourth-order valence-corrected chi connectivity index (χ4v) is 2.66. The van der Waals surface area contributed by atoms with Crippen molar-refractivity contribution in [3.63, 3.8) is 0 Å². The maximum absolute atomic E-state index is 5.92. The Morgan fingerprint density at radius 3 is 2.89 bits per heavy atom. The van der Waals surface area contributed by atoms with Gasteiger partial charge in [0.25, 0.3) is 0 Å². The first kappa shape index (κ1) is 13.6. The van der Waals surface area contributed by atoms with Gasteiger partial charge in [0.1, 0.15) is 5.69 Å². The molecule has 0 radical (unpaired) electrons. The van der Waals surface area contributed by atoms with Crippen LogP contribution in [0.4, 0.5) is 0 Å². The van der Waals surface area contributed by atoms with Gasteiger partial charge in [-0.15, -0.1) is 0 Å². The van der Waals surface area contributed by atoms with Crippen LogP contribution in [0, 0.1) is 0 Å². The molecule has 2 N–H and O–H groups in total. The summed E-state index contributed by atoms with van der Waals surface area (Å²) < 4.78 is 6.84. The molecule has 18 heavy (non-hydrogen) atoms. The van der Waals surface area contributed by atoms with Crippen LogP contribution in [0.5, 0.6) is 0 Å². The average Bonchev–Trinajstić information content (AvgIpc) is 2.78. The number of nitrogens with two attached hydrogens (primary N) is 1. The number of aromatic nitrogens is 3. The lowest BCUT2D eigenvalue weighted by atomic mass is 10.2. The normalized spacial score (nSPS) is 12.7. The molecule has 0 saturated heterocycles. The first-order valence-electron chi connectivity index (χ1n) is 5.52. The Morgan fingerprint density at radius 2 is 2.22 bits per heavy atom. The van der Waals surface area contributed by atoms with Crippen LogP contribution in [-0.4, -0.2) is 15.1 Å². The summed E-state index contributed by atoms with van der Waals surface area (Å²) >= 11 is 6.76. The molecule has 1 atom stereocenters. The van der Waals surface area contributed by atoms with E-state index in [1.165, 1.54) is 0 Å². The fourth-order valence-electron chi connectivity index (χ4n) is 1.50. The molecule has 5 nitrogen and oxygen atoms in total. The second-order valence-corrected chi connectivity index (χ2v) is 5.61. The molecule has 0 bridgehead atoms. The van der Waals surface area contributed by atoms with Gasteiger partial charge in [0, 0.05) is 15.1 Å². The fraction of sp³-hybridized carbons (Fsp3) is 0.364. The molecule has 0 fully saturated rings. The van der Waals surface area contributed by atoms with Crippen LogP contribution >= 0.6 is 31.9 Å². The largest absolute Gasteiger partial charge is 0.337 e. The maximum Gasteiger partial charge on any atom is 0.243 e. The summed E-state index contributed by atoms with van der Waals surface area (Å²) in [5.41, 5.74) is 6.56. The molecule has 2 aromatic rings. The molecule has 2 aromatic heterocycles. The number of rotatable bonds is 4. The van der Waals surface area contributed by atoms with Crippen molar-refractivity contribution < 1.29 is 4.52 Å². The Labute approximate surface area is 121 Å². The van der Waals surface area contributed by atoms with Gasteiger partial charge in [0.05, 0.1) is 6.04 Å². The topological polar surface area (TPSA) is 77.8 Å². The number of pyridine rings is 1. The SMILES string of the molecule is CCCC(N)c1nc(-c2ncc(Br)cc2Br)no1. The van der Waals surface area contributed by atoms with Crippen molar-refractivity contribution in [1.82, 2.24) is 15.1 Å². The first-order valence-corrected chi connectivity index (χ1v) is 7.11. The lowest BCUT2D eigenvalue weighted by Crippen LogP contribution is -2.09. The third-order valence-electron chi connectivity index (χ3n) is 2.38. The molecule has 7 heteroatoms. The third-order valence-corrected chi connectivity index (χ3v) is 3.42. The van der Waals surface area contributed by atoms with E-state index in [9.17, 15) is 0 Å². The Hall–Kier alpha value is -0.790. The van der Waals surface area contributed by atoms with E-state index in [-0.39, 0.29) is 6.04 Å². The van der Waals surface area contributed by atoms with Crippen molar-refractivity contribution in [3.8, 4) is 11.5 Å². The molecular weight excluding hydrogens is 364 g/mol. The summed E-state index contributed by atoms with van der Waals surface area (Å²) in [5, 5.41) is 3.91. The van der Waals surface area contributed by atoms with Gasteiger partial charge in [0.2, 0.25) is 11.7 Å². The summed E-state index contributed by atoms with van der Waals surface area (Å²) in [6.45, 7) is 2.06. The van der Waals surface area contributed by atoms with Crippen LogP contribution in [0.15, 0.2) is 25.7 Å². The number of halogens is 2. The van der Waals surface area contributed by atoms with Crippen molar-refractivity contribution in [2.75, 3.05) is 0 Å². The number of hydrogen-bond acceptors (Lipinski definition) is 5. The van der Waals surface area contributed by atoms with Crippen molar-refractivity contribution in [2.24, 2.45) is 5.73 Å². The Balaban J connectivity index is 2.29. The molecule has 0 aliphatic carbocycles. The highest BCUT2D eigenvalue weighted by Gasteiger charge is 2.17. The lowest BCUT2D eigenvalue weighted by Gasteiger charge is -2.02. The van der Waals surface area contributed by atoms with Gasteiger partial charge in [-0.25, -0.2) is 0 Å². The van der Waals surface area contributed by atoms with Crippen molar-refractivity contribution in [2.45, 2.75) is 25.8 Å². The minimum Gasteiger partial charge on any atom is -0.337 e. The van der Waals surface area contributed by atoms with Crippen LogP contribution in [0.1, 0.15) is 31.7 Å². The number of hydrogen-bond donors (Lipinski definition) is 1. The molecule has 96 valence electrons. The van der Waals surface area contributed by atoms with Crippen LogP contribution in [0.25, 0.3) is 11.5 Å². The Kier molecular flexibility index (Phi) is 4.47. The Morgan fingerprint density at radius 1 is 1.44 bits per heavy atom. The molecule has 2 rings (SSSR count). The van der Waals surface area contributed by atoms with E-state index in [0.29, 0.717) is 17.4 Å². The van der Waals surface area contributed by atoms with E-state index in [1.807, 2.05) is 6.07 Å². The molecule has 0 spiro atoms. The molecular formula is C11H12Br2N4O. The predicted molar refractivity (Wildman–Crippen MR) is 74.8 cm³/mol. The molecule has 0 aromatic carbocycles. The highest BCUT2D eigenvalue weighted by atomic mass is 79.9. The Bertz CT molecular complexity index is 544. The molecule has 0 aliphatic rings. The van der Waals surface area contributed by atoms with E-state index >= 15 is 0 Å². The third kappa shape index (κ3) is 2.96. The van der Waals surface area contributed by atoms with E-state index in [0.717, 1.165) is 21.8 Å². The maximum atomic E-state index is 5.92. The minimum absolute atomic E-state index is 0.217. The zero-order valence-electron chi connectivity index (χ0n) is 9.73. The molecule has 1 unspecified atom stereocenters. The van der Waals surface area contributed by atoms with Gasteiger partial charge in [0.15, 0.2) is 0 Å². The lowest BCUT2D eigenvalue weighted by molar-refractivity contribution is 0.348. The van der Waals surface area contributed by atoms with E-state index in [1.54, 1.807) is 6.20 Å². The monoisotopic (exact) mass is 374 g/mol. The highest BCUT2D eigenvalue weighted by Crippen LogP contribution is 2.27. The molecule has 2 heterocycles. The van der Waals surface area contributed by atoms with Crippen LogP contribution < -0.4 is 5.73 Å². The van der Waals surface area contributed by atoms with Crippen molar-refractivity contribution >= 4 is 31.9 Å². The standard InChI is InChI=1S/C11H12Br2N4O/c1-2-3-8(14)11-16-10(17-18-11)9-7(13)4-6(12)5-15-9/h4-5,8H,2-3,14H2,1H3. The van der Waals surface area contributed by atoms with Crippen molar-refractivity contribution in [1.29, 1.82) is 0 Å². The molecule has 0 aliphatic heterocycles. The van der Waals surface area contributed by atoms with Gasteiger partial charge in [-0.1, -0.05) is 18.5 Å². The second kappa shape index (κ2) is 5.90. The summed E-state index contributed by atoms with van der Waals surface area (Å²) in [6.07, 6.45) is 3.47. The quantitative estimate of drug-likeness (QED) is 0.885. The van der Waals surface area contributed by atoms with Gasteiger partial charge in [-0.3, -0.25) is 4.98 Å². The van der Waals surface area contributed by atoms with Crippen LogP contribution in [0.2, 0.25) is 0 Å². The van der Waals surface area contributed by atoms with Gasteiger partial charge in [-0.2, -0.15) is 4.98 Å². The number of nitrogens with zero attached hydrogens (tertiary/aromatic N) is 3.